The van der Waals surface area contributed by atoms with Crippen molar-refractivity contribution in [1.82, 2.24) is 5.32 Å². The Bertz CT molecular complexity index is 367. The topological polar surface area (TPSA) is 69.6 Å². The molecule has 4 nitrogen and oxygen atoms in total. The Morgan fingerprint density at radius 3 is 2.47 bits per heavy atom. The molecule has 2 atom stereocenters. The van der Waals surface area contributed by atoms with Crippen molar-refractivity contribution in [3.05, 3.63) is 34.9 Å². The minimum absolute atomic E-state index is 0.164. The van der Waals surface area contributed by atoms with Crippen LogP contribution >= 0.6 is 11.6 Å². The number of hydrogen-bond donors (Lipinski definition) is 3. The van der Waals surface area contributed by atoms with Gasteiger partial charge in [-0.25, -0.2) is 0 Å². The average molecular weight is 258 g/mol. The van der Waals surface area contributed by atoms with E-state index in [1.807, 2.05) is 6.92 Å². The summed E-state index contributed by atoms with van der Waals surface area (Å²) in [6, 6.07) is 6.58. The molecule has 0 fully saturated rings. The van der Waals surface area contributed by atoms with Crippen LogP contribution < -0.4 is 5.32 Å². The summed E-state index contributed by atoms with van der Waals surface area (Å²) in [4.78, 5) is 10.5. The van der Waals surface area contributed by atoms with E-state index in [1.54, 1.807) is 24.3 Å². The van der Waals surface area contributed by atoms with Crippen LogP contribution in [0.2, 0.25) is 5.02 Å². The highest BCUT2D eigenvalue weighted by molar-refractivity contribution is 6.30. The van der Waals surface area contributed by atoms with E-state index in [2.05, 4.69) is 5.32 Å². The molecule has 2 unspecified atom stereocenters. The number of benzene rings is 1. The van der Waals surface area contributed by atoms with Crippen LogP contribution in [0, 0.1) is 0 Å². The van der Waals surface area contributed by atoms with Gasteiger partial charge in [0, 0.05) is 11.1 Å². The van der Waals surface area contributed by atoms with E-state index in [4.69, 9.17) is 16.7 Å². The molecular weight excluding hydrogens is 242 g/mol. The number of rotatable bonds is 6. The van der Waals surface area contributed by atoms with Crippen LogP contribution in [0.1, 0.15) is 25.0 Å². The van der Waals surface area contributed by atoms with E-state index in [0.29, 0.717) is 11.4 Å². The van der Waals surface area contributed by atoms with Crippen molar-refractivity contribution in [2.45, 2.75) is 25.5 Å². The van der Waals surface area contributed by atoms with Crippen molar-refractivity contribution in [1.29, 1.82) is 0 Å². The van der Waals surface area contributed by atoms with E-state index >= 15 is 0 Å². The van der Waals surface area contributed by atoms with E-state index < -0.39 is 12.1 Å². The molecule has 1 rings (SSSR count). The minimum Gasteiger partial charge on any atom is -0.480 e. The van der Waals surface area contributed by atoms with Crippen molar-refractivity contribution < 1.29 is 15.0 Å². The van der Waals surface area contributed by atoms with Gasteiger partial charge in [-0.2, -0.15) is 0 Å². The second-order valence-corrected chi connectivity index (χ2v) is 4.22. The second-order valence-electron chi connectivity index (χ2n) is 3.79. The molecule has 0 radical (unpaired) electrons. The van der Waals surface area contributed by atoms with Gasteiger partial charge in [-0.15, -0.1) is 0 Å². The zero-order valence-corrected chi connectivity index (χ0v) is 10.3. The first-order chi connectivity index (χ1) is 8.04. The smallest absolute Gasteiger partial charge is 0.317 e. The first-order valence-electron chi connectivity index (χ1n) is 5.43. The molecule has 0 saturated carbocycles. The monoisotopic (exact) mass is 257 g/mol. The molecule has 0 aliphatic rings. The van der Waals surface area contributed by atoms with Crippen molar-refractivity contribution in [3.63, 3.8) is 0 Å². The molecule has 0 aromatic heterocycles. The van der Waals surface area contributed by atoms with Crippen LogP contribution in [0.4, 0.5) is 0 Å². The van der Waals surface area contributed by atoms with Crippen LogP contribution in [0.25, 0.3) is 0 Å². The Kier molecular flexibility index (Phi) is 5.41. The average Bonchev–Trinajstić information content (AvgIpc) is 2.30. The summed E-state index contributed by atoms with van der Waals surface area (Å²) < 4.78 is 0. The number of carbonyl (C=O) groups is 1. The van der Waals surface area contributed by atoms with Gasteiger partial charge in [0.2, 0.25) is 0 Å². The fourth-order valence-corrected chi connectivity index (χ4v) is 1.72. The predicted molar refractivity (Wildman–Crippen MR) is 66.1 cm³/mol. The molecule has 0 bridgehead atoms. The van der Waals surface area contributed by atoms with E-state index in [1.165, 1.54) is 0 Å². The van der Waals surface area contributed by atoms with Crippen LogP contribution in [0.5, 0.6) is 0 Å². The number of halogens is 1. The third-order valence-electron chi connectivity index (χ3n) is 2.55. The van der Waals surface area contributed by atoms with E-state index in [9.17, 15) is 9.90 Å². The molecule has 1 aromatic rings. The Balaban J connectivity index is 2.68. The van der Waals surface area contributed by atoms with Gasteiger partial charge in [-0.1, -0.05) is 30.7 Å². The molecule has 1 aromatic carbocycles. The maximum absolute atomic E-state index is 10.5. The van der Waals surface area contributed by atoms with Gasteiger partial charge in [-0.3, -0.25) is 4.79 Å². The largest absolute Gasteiger partial charge is 0.480 e. The molecular formula is C12H16ClNO3. The van der Waals surface area contributed by atoms with Gasteiger partial charge >= 0.3 is 5.97 Å². The summed E-state index contributed by atoms with van der Waals surface area (Å²) in [7, 11) is 0. The zero-order valence-electron chi connectivity index (χ0n) is 9.56. The normalized spacial score (nSPS) is 14.3. The molecule has 3 N–H and O–H groups in total. The summed E-state index contributed by atoms with van der Waals surface area (Å²) in [6.07, 6.45) is -0.103. The molecule has 0 spiro atoms. The molecule has 0 aliphatic carbocycles. The third-order valence-corrected chi connectivity index (χ3v) is 2.80. The molecule has 0 amide bonds. The summed E-state index contributed by atoms with van der Waals surface area (Å²) in [5.74, 6) is -0.938. The van der Waals surface area contributed by atoms with E-state index in [-0.39, 0.29) is 12.6 Å². The molecule has 94 valence electrons. The summed E-state index contributed by atoms with van der Waals surface area (Å²) in [5.41, 5.74) is 0.721. The lowest BCUT2D eigenvalue weighted by molar-refractivity contribution is -0.136. The molecule has 17 heavy (non-hydrogen) atoms. The minimum atomic E-state index is -0.938. The lowest BCUT2D eigenvalue weighted by Crippen LogP contribution is -2.37. The number of hydrogen-bond acceptors (Lipinski definition) is 3. The highest BCUT2D eigenvalue weighted by Gasteiger charge is 2.19. The number of carboxylic acid groups (broad SMARTS) is 1. The molecule has 0 saturated heterocycles. The van der Waals surface area contributed by atoms with Crippen LogP contribution in [-0.2, 0) is 4.79 Å². The molecule has 0 heterocycles. The van der Waals surface area contributed by atoms with Gasteiger partial charge in [0.05, 0.1) is 12.6 Å². The summed E-state index contributed by atoms with van der Waals surface area (Å²) in [6.45, 7) is 1.72. The first-order valence-corrected chi connectivity index (χ1v) is 5.81. The first kappa shape index (κ1) is 14.0. The van der Waals surface area contributed by atoms with Crippen LogP contribution in [0.15, 0.2) is 24.3 Å². The Morgan fingerprint density at radius 2 is 2.00 bits per heavy atom. The number of nitrogens with one attached hydrogen (secondary N) is 1. The quantitative estimate of drug-likeness (QED) is 0.727. The SMILES string of the molecule is CCC(NCC(=O)O)C(O)c1ccc(Cl)cc1. The number of aliphatic hydroxyl groups excluding tert-OH is 1. The maximum Gasteiger partial charge on any atom is 0.317 e. The van der Waals surface area contributed by atoms with Crippen molar-refractivity contribution >= 4 is 17.6 Å². The lowest BCUT2D eigenvalue weighted by Gasteiger charge is -2.22. The third kappa shape index (κ3) is 4.34. The Morgan fingerprint density at radius 1 is 1.41 bits per heavy atom. The molecule has 5 heteroatoms. The maximum atomic E-state index is 10.5. The van der Waals surface area contributed by atoms with Gasteiger partial charge < -0.3 is 15.5 Å². The van der Waals surface area contributed by atoms with Gasteiger partial charge in [-0.05, 0) is 24.1 Å². The van der Waals surface area contributed by atoms with Gasteiger partial charge in [0.15, 0.2) is 0 Å². The lowest BCUT2D eigenvalue weighted by atomic mass is 10.0. The summed E-state index contributed by atoms with van der Waals surface area (Å²) >= 11 is 5.76. The van der Waals surface area contributed by atoms with Crippen molar-refractivity contribution in [2.75, 3.05) is 6.54 Å². The fraction of sp³-hybridized carbons (Fsp3) is 0.417. The number of aliphatic hydroxyl groups is 1. The highest BCUT2D eigenvalue weighted by atomic mass is 35.5. The fourth-order valence-electron chi connectivity index (χ4n) is 1.59. The Hall–Kier alpha value is -1.10. The second kappa shape index (κ2) is 6.59. The van der Waals surface area contributed by atoms with Crippen molar-refractivity contribution in [2.24, 2.45) is 0 Å². The Labute approximate surface area is 105 Å². The molecule has 0 aliphatic heterocycles. The van der Waals surface area contributed by atoms with Gasteiger partial charge in [0.1, 0.15) is 0 Å². The predicted octanol–water partition coefficient (Wildman–Crippen LogP) is 1.83. The number of aliphatic carboxylic acids is 1. The van der Waals surface area contributed by atoms with E-state index in [0.717, 1.165) is 5.56 Å². The zero-order chi connectivity index (χ0) is 12.8. The van der Waals surface area contributed by atoms with Gasteiger partial charge in [0.25, 0.3) is 0 Å². The van der Waals surface area contributed by atoms with Crippen LogP contribution in [-0.4, -0.2) is 28.8 Å². The highest BCUT2D eigenvalue weighted by Crippen LogP contribution is 2.20. The summed E-state index contributed by atoms with van der Waals surface area (Å²) in [5, 5.41) is 22.1. The van der Waals surface area contributed by atoms with Crippen molar-refractivity contribution in [3.8, 4) is 0 Å². The standard InChI is InChI=1S/C12H16ClNO3/c1-2-10(14-7-11(15)16)12(17)8-3-5-9(13)6-4-8/h3-6,10,12,14,17H,2,7H2,1H3,(H,15,16). The van der Waals surface area contributed by atoms with Crippen LogP contribution in [0.3, 0.4) is 0 Å². The number of carboxylic acids is 1.